The van der Waals surface area contributed by atoms with Gasteiger partial charge in [0.2, 0.25) is 0 Å². The van der Waals surface area contributed by atoms with Crippen LogP contribution in [0.3, 0.4) is 0 Å². The number of nitrogens with zero attached hydrogens (tertiary/aromatic N) is 2. The molecule has 164 valence electrons. The maximum absolute atomic E-state index is 13.6. The number of rotatable bonds is 8. The summed E-state index contributed by atoms with van der Waals surface area (Å²) in [5.74, 6) is 1.25. The quantitative estimate of drug-likeness (QED) is 0.380. The number of benzene rings is 2. The van der Waals surface area contributed by atoms with Crippen molar-refractivity contribution in [1.29, 1.82) is 0 Å². The van der Waals surface area contributed by atoms with Gasteiger partial charge >= 0.3 is 0 Å². The Hall–Kier alpha value is -2.93. The van der Waals surface area contributed by atoms with E-state index in [1.165, 1.54) is 19.1 Å². The Balaban J connectivity index is 1.25. The van der Waals surface area contributed by atoms with Crippen molar-refractivity contribution in [1.82, 2.24) is 10.1 Å². The van der Waals surface area contributed by atoms with Gasteiger partial charge in [-0.05, 0) is 75.7 Å². The van der Waals surface area contributed by atoms with Crippen LogP contribution in [-0.4, -0.2) is 49.2 Å². The van der Waals surface area contributed by atoms with Gasteiger partial charge in [-0.25, -0.2) is 4.39 Å². The van der Waals surface area contributed by atoms with Gasteiger partial charge in [-0.15, -0.1) is 0 Å². The van der Waals surface area contributed by atoms with Gasteiger partial charge in [0.15, 0.2) is 22.9 Å². The van der Waals surface area contributed by atoms with E-state index in [9.17, 15) is 9.18 Å². The zero-order chi connectivity index (χ0) is 21.8. The second-order valence-electron chi connectivity index (χ2n) is 7.95. The van der Waals surface area contributed by atoms with Crippen LogP contribution in [0, 0.1) is 5.82 Å². The second-order valence-corrected chi connectivity index (χ2v) is 7.95. The van der Waals surface area contributed by atoms with Crippen LogP contribution in [0.15, 0.2) is 40.9 Å². The van der Waals surface area contributed by atoms with Crippen molar-refractivity contribution in [2.45, 2.75) is 32.1 Å². The SMILES string of the molecule is COc1cc(C(C)=O)ccc1OCCCN1CCC(c2noc3ccc(F)cc23)CC1. The molecule has 1 fully saturated rings. The van der Waals surface area contributed by atoms with E-state index in [1.807, 2.05) is 0 Å². The van der Waals surface area contributed by atoms with E-state index in [4.69, 9.17) is 14.0 Å². The Kier molecular flexibility index (Phi) is 6.51. The number of ketones is 1. The van der Waals surface area contributed by atoms with E-state index >= 15 is 0 Å². The minimum Gasteiger partial charge on any atom is -0.493 e. The van der Waals surface area contributed by atoms with Gasteiger partial charge in [0.1, 0.15) is 5.82 Å². The van der Waals surface area contributed by atoms with Crippen LogP contribution >= 0.6 is 0 Å². The molecule has 7 heteroatoms. The highest BCUT2D eigenvalue weighted by Gasteiger charge is 2.25. The molecule has 0 radical (unpaired) electrons. The zero-order valence-electron chi connectivity index (χ0n) is 17.9. The molecule has 1 aliphatic heterocycles. The van der Waals surface area contributed by atoms with Crippen molar-refractivity contribution < 1.29 is 23.2 Å². The fourth-order valence-electron chi connectivity index (χ4n) is 4.13. The average molecular weight is 426 g/mol. The fourth-order valence-corrected chi connectivity index (χ4v) is 4.13. The third-order valence-electron chi connectivity index (χ3n) is 5.88. The van der Waals surface area contributed by atoms with Crippen molar-refractivity contribution in [3.63, 3.8) is 0 Å². The number of likely N-dealkylation sites (tertiary alicyclic amines) is 1. The van der Waals surface area contributed by atoms with Crippen LogP contribution in [0.2, 0.25) is 0 Å². The number of carbonyl (C=O) groups excluding carboxylic acids is 1. The highest BCUT2D eigenvalue weighted by molar-refractivity contribution is 5.94. The number of aromatic nitrogens is 1. The number of piperidine rings is 1. The minimum atomic E-state index is -0.262. The molecular formula is C24H27FN2O4. The molecule has 0 aliphatic carbocycles. The lowest BCUT2D eigenvalue weighted by molar-refractivity contribution is 0.101. The molecule has 31 heavy (non-hydrogen) atoms. The summed E-state index contributed by atoms with van der Waals surface area (Å²) in [6, 6.07) is 9.80. The van der Waals surface area contributed by atoms with E-state index < -0.39 is 0 Å². The van der Waals surface area contributed by atoms with E-state index in [-0.39, 0.29) is 11.6 Å². The minimum absolute atomic E-state index is 0.00277. The topological polar surface area (TPSA) is 64.8 Å². The first-order valence-corrected chi connectivity index (χ1v) is 10.6. The third kappa shape index (κ3) is 4.88. The van der Waals surface area contributed by atoms with Crippen LogP contribution < -0.4 is 9.47 Å². The summed E-state index contributed by atoms with van der Waals surface area (Å²) in [5, 5.41) is 5.00. The van der Waals surface area contributed by atoms with Crippen molar-refractivity contribution >= 4 is 16.8 Å². The van der Waals surface area contributed by atoms with Crippen molar-refractivity contribution in [2.24, 2.45) is 0 Å². The predicted octanol–water partition coefficient (Wildman–Crippen LogP) is 4.83. The summed E-state index contributed by atoms with van der Waals surface area (Å²) in [7, 11) is 1.57. The molecule has 1 aliphatic rings. The van der Waals surface area contributed by atoms with Crippen molar-refractivity contribution in [2.75, 3.05) is 33.4 Å². The van der Waals surface area contributed by atoms with Gasteiger partial charge in [0.05, 0.1) is 19.4 Å². The lowest BCUT2D eigenvalue weighted by Gasteiger charge is -2.31. The number of halogens is 1. The van der Waals surface area contributed by atoms with E-state index in [2.05, 4.69) is 10.1 Å². The van der Waals surface area contributed by atoms with Crippen molar-refractivity contribution in [3.8, 4) is 11.5 Å². The van der Waals surface area contributed by atoms with E-state index in [0.29, 0.717) is 35.2 Å². The first-order valence-electron chi connectivity index (χ1n) is 10.6. The fraction of sp³-hybridized carbons (Fsp3) is 0.417. The smallest absolute Gasteiger partial charge is 0.167 e. The molecule has 0 N–H and O–H groups in total. The van der Waals surface area contributed by atoms with Crippen LogP contribution in [0.5, 0.6) is 11.5 Å². The number of methoxy groups -OCH3 is 1. The summed E-state index contributed by atoms with van der Waals surface area (Å²) in [4.78, 5) is 13.9. The monoisotopic (exact) mass is 426 g/mol. The molecule has 0 spiro atoms. The molecule has 0 atom stereocenters. The van der Waals surface area contributed by atoms with Gasteiger partial charge in [0.25, 0.3) is 0 Å². The Morgan fingerprint density at radius 1 is 1.19 bits per heavy atom. The Labute approximate surface area is 180 Å². The standard InChI is InChI=1S/C24H27FN2O4/c1-16(28)18-4-6-22(23(14-18)29-2)30-13-3-10-27-11-8-17(9-12-27)24-20-15-19(25)5-7-21(20)31-26-24/h4-7,14-15,17H,3,8-13H2,1-2H3. The summed E-state index contributed by atoms with van der Waals surface area (Å²) in [6.07, 6.45) is 2.83. The Bertz CT molecular complexity index is 1060. The van der Waals surface area contributed by atoms with Crippen LogP contribution in [0.25, 0.3) is 11.0 Å². The summed E-state index contributed by atoms with van der Waals surface area (Å²) in [6.45, 7) is 4.97. The molecule has 2 aromatic carbocycles. The molecule has 3 aromatic rings. The predicted molar refractivity (Wildman–Crippen MR) is 115 cm³/mol. The van der Waals surface area contributed by atoms with Crippen LogP contribution in [0.1, 0.15) is 48.2 Å². The van der Waals surface area contributed by atoms with E-state index in [1.54, 1.807) is 31.4 Å². The maximum Gasteiger partial charge on any atom is 0.167 e. The number of fused-ring (bicyclic) bond motifs is 1. The molecular weight excluding hydrogens is 399 g/mol. The Morgan fingerprint density at radius 2 is 2.00 bits per heavy atom. The molecule has 0 unspecified atom stereocenters. The van der Waals surface area contributed by atoms with E-state index in [0.717, 1.165) is 50.0 Å². The third-order valence-corrected chi connectivity index (χ3v) is 5.88. The zero-order valence-corrected chi connectivity index (χ0v) is 17.9. The first kappa shape index (κ1) is 21.3. The molecule has 1 saturated heterocycles. The average Bonchev–Trinajstić information content (AvgIpc) is 3.20. The Morgan fingerprint density at radius 3 is 2.74 bits per heavy atom. The number of hydrogen-bond acceptors (Lipinski definition) is 6. The second kappa shape index (κ2) is 9.47. The molecule has 2 heterocycles. The number of carbonyl (C=O) groups is 1. The van der Waals surface area contributed by atoms with Crippen molar-refractivity contribution in [3.05, 3.63) is 53.5 Å². The highest BCUT2D eigenvalue weighted by Crippen LogP contribution is 2.33. The summed E-state index contributed by atoms with van der Waals surface area (Å²) < 4.78 is 30.2. The van der Waals surface area contributed by atoms with Gasteiger partial charge in [-0.1, -0.05) is 5.16 Å². The first-order chi connectivity index (χ1) is 15.0. The molecule has 1 aromatic heterocycles. The van der Waals surface area contributed by atoms with Gasteiger partial charge < -0.3 is 18.9 Å². The summed E-state index contributed by atoms with van der Waals surface area (Å²) >= 11 is 0. The van der Waals surface area contributed by atoms with Crippen LogP contribution in [0.4, 0.5) is 4.39 Å². The number of hydrogen-bond donors (Lipinski definition) is 0. The largest absolute Gasteiger partial charge is 0.493 e. The molecule has 0 saturated carbocycles. The lowest BCUT2D eigenvalue weighted by Crippen LogP contribution is -2.34. The summed E-state index contributed by atoms with van der Waals surface area (Å²) in [5.41, 5.74) is 2.12. The molecule has 0 amide bonds. The normalized spacial score (nSPS) is 15.3. The number of ether oxygens (including phenoxy) is 2. The van der Waals surface area contributed by atoms with Gasteiger partial charge in [-0.3, -0.25) is 4.79 Å². The highest BCUT2D eigenvalue weighted by atomic mass is 19.1. The molecule has 4 rings (SSSR count). The maximum atomic E-state index is 13.6. The van der Waals surface area contributed by atoms with Gasteiger partial charge in [-0.2, -0.15) is 0 Å². The number of Topliss-reactive ketones (excluding diaryl/α,β-unsaturated/α-hetero) is 1. The molecule has 0 bridgehead atoms. The van der Waals surface area contributed by atoms with Crippen LogP contribution in [-0.2, 0) is 0 Å². The lowest BCUT2D eigenvalue weighted by atomic mass is 9.91. The van der Waals surface area contributed by atoms with Gasteiger partial charge in [0, 0.05) is 23.4 Å². The molecule has 6 nitrogen and oxygen atoms in total.